The summed E-state index contributed by atoms with van der Waals surface area (Å²) in [5.41, 5.74) is 2.25. The predicted molar refractivity (Wildman–Crippen MR) is 184 cm³/mol. The van der Waals surface area contributed by atoms with Crippen LogP contribution in [-0.4, -0.2) is 67.0 Å². The van der Waals surface area contributed by atoms with Gasteiger partial charge in [-0.05, 0) is 79.7 Å². The molecular weight excluding hydrogens is 671 g/mol. The third-order valence-corrected chi connectivity index (χ3v) is 9.95. The van der Waals surface area contributed by atoms with Crippen LogP contribution in [0.3, 0.4) is 0 Å². The number of pyridine rings is 2. The summed E-state index contributed by atoms with van der Waals surface area (Å²) >= 11 is 13.0. The number of rotatable bonds is 11. The Hall–Kier alpha value is -4.58. The van der Waals surface area contributed by atoms with E-state index < -0.39 is 18.0 Å². The number of aromatic carboxylic acids is 1. The van der Waals surface area contributed by atoms with Gasteiger partial charge in [-0.2, -0.15) is 4.73 Å². The number of fused-ring (bicyclic) bond motifs is 3. The maximum atomic E-state index is 13.7. The van der Waals surface area contributed by atoms with Crippen LogP contribution in [0.5, 0.6) is 11.5 Å². The van der Waals surface area contributed by atoms with Gasteiger partial charge in [0.2, 0.25) is 0 Å². The average Bonchev–Trinajstić information content (AvgIpc) is 3.11. The Morgan fingerprint density at radius 2 is 1.71 bits per heavy atom. The van der Waals surface area contributed by atoms with Crippen LogP contribution >= 0.6 is 23.2 Å². The van der Waals surface area contributed by atoms with Crippen molar-refractivity contribution in [2.75, 3.05) is 38.8 Å². The lowest BCUT2D eigenvalue weighted by molar-refractivity contribution is -0.605. The lowest BCUT2D eigenvalue weighted by Gasteiger charge is -2.44. The van der Waals surface area contributed by atoms with E-state index in [9.17, 15) is 19.9 Å². The standard InChI is InChI=1S/C36H36Cl2N4O7/c1-47-31-11-8-23(16-32(31)48-2)27(17-28-29(37)19-41(46)20-30(28)38)26-10-9-24(39-34(26)35(43)44)18-42(25-6-4-3-5-7-25)36(45)49-33-21-40-14-12-22(33)13-15-40/h3-11,16,19-20,22,27,33H,12-15,17-18,21H2,1-2H3,(H,43,44)/t27-,33-/m0/s1. The van der Waals surface area contributed by atoms with Crippen molar-refractivity contribution in [3.63, 3.8) is 0 Å². The van der Waals surface area contributed by atoms with E-state index in [-0.39, 0.29) is 34.8 Å². The van der Waals surface area contributed by atoms with Gasteiger partial charge in [-0.1, -0.05) is 53.5 Å². The van der Waals surface area contributed by atoms with Crippen molar-refractivity contribution in [1.29, 1.82) is 0 Å². The van der Waals surface area contributed by atoms with Crippen molar-refractivity contribution in [3.8, 4) is 11.5 Å². The fourth-order valence-corrected chi connectivity index (χ4v) is 7.32. The van der Waals surface area contributed by atoms with E-state index in [2.05, 4.69) is 9.88 Å². The molecular formula is C36H36Cl2N4O7. The van der Waals surface area contributed by atoms with Crippen LogP contribution in [0, 0.1) is 11.1 Å². The molecule has 11 nitrogen and oxygen atoms in total. The number of amides is 1. The molecule has 256 valence electrons. The second-order valence-corrected chi connectivity index (χ2v) is 13.0. The zero-order valence-corrected chi connectivity index (χ0v) is 28.6. The SMILES string of the molecule is COc1ccc([C@H](Cc2c(Cl)c[n+]([O-])cc2Cl)c2ccc(CN(C(=O)O[C@H]3CN4CCC3CC4)c3ccccc3)nc2C(=O)O)cc1OC. The van der Waals surface area contributed by atoms with E-state index in [1.807, 2.05) is 18.2 Å². The molecule has 0 radical (unpaired) electrons. The number of benzene rings is 2. The molecule has 1 N–H and O–H groups in total. The highest BCUT2D eigenvalue weighted by Crippen LogP contribution is 2.39. The molecule has 13 heteroatoms. The molecule has 3 saturated heterocycles. The van der Waals surface area contributed by atoms with Crippen molar-refractivity contribution >= 4 is 41.0 Å². The fraction of sp³-hybridized carbons (Fsp3) is 0.333. The summed E-state index contributed by atoms with van der Waals surface area (Å²) in [6, 6.07) is 17.8. The van der Waals surface area contributed by atoms with Gasteiger partial charge < -0.3 is 24.5 Å². The summed E-state index contributed by atoms with van der Waals surface area (Å²) < 4.78 is 17.6. The minimum atomic E-state index is -1.26. The summed E-state index contributed by atoms with van der Waals surface area (Å²) in [6.07, 6.45) is 3.79. The first-order valence-electron chi connectivity index (χ1n) is 15.9. The number of carboxylic acids is 1. The Morgan fingerprint density at radius 3 is 2.33 bits per heavy atom. The zero-order chi connectivity index (χ0) is 34.7. The first-order valence-corrected chi connectivity index (χ1v) is 16.7. The third kappa shape index (κ3) is 7.54. The molecule has 1 amide bonds. The summed E-state index contributed by atoms with van der Waals surface area (Å²) in [4.78, 5) is 35.0. The first kappa shape index (κ1) is 34.3. The second-order valence-electron chi connectivity index (χ2n) is 12.2. The lowest BCUT2D eigenvalue weighted by Crippen LogP contribution is -2.53. The van der Waals surface area contributed by atoms with Gasteiger partial charge in [-0.25, -0.2) is 14.6 Å². The number of hydrogen-bond donors (Lipinski definition) is 1. The second kappa shape index (κ2) is 14.9. The smallest absolute Gasteiger partial charge is 0.414 e. The van der Waals surface area contributed by atoms with Crippen molar-refractivity contribution in [2.45, 2.75) is 37.8 Å². The largest absolute Gasteiger partial charge is 0.619 e. The highest BCUT2D eigenvalue weighted by atomic mass is 35.5. The van der Waals surface area contributed by atoms with Crippen LogP contribution in [0.1, 0.15) is 51.6 Å². The summed E-state index contributed by atoms with van der Waals surface area (Å²) in [5, 5.41) is 22.8. The van der Waals surface area contributed by atoms with Gasteiger partial charge in [0.05, 0.1) is 26.5 Å². The molecule has 2 aromatic carbocycles. The van der Waals surface area contributed by atoms with Crippen LogP contribution in [0.4, 0.5) is 10.5 Å². The molecule has 4 aromatic rings. The highest BCUT2D eigenvalue weighted by molar-refractivity contribution is 6.35. The number of carboxylic acid groups (broad SMARTS) is 1. The number of methoxy groups -OCH3 is 2. The fourth-order valence-electron chi connectivity index (χ4n) is 6.73. The zero-order valence-electron chi connectivity index (χ0n) is 27.1. The Morgan fingerprint density at radius 1 is 1.02 bits per heavy atom. The number of para-hydroxylation sites is 1. The molecule has 2 atom stereocenters. The van der Waals surface area contributed by atoms with Crippen molar-refractivity contribution in [3.05, 3.63) is 116 Å². The number of hydrogen-bond acceptors (Lipinski definition) is 8. The quantitative estimate of drug-likeness (QED) is 0.140. The van der Waals surface area contributed by atoms with Crippen molar-refractivity contribution in [1.82, 2.24) is 9.88 Å². The number of halogens is 2. The van der Waals surface area contributed by atoms with Crippen LogP contribution in [0.2, 0.25) is 10.0 Å². The number of carbonyl (C=O) groups is 2. The van der Waals surface area contributed by atoms with E-state index in [0.717, 1.165) is 25.9 Å². The lowest BCUT2D eigenvalue weighted by atomic mass is 9.84. The minimum Gasteiger partial charge on any atom is -0.619 e. The van der Waals surface area contributed by atoms with Crippen LogP contribution in [0.15, 0.2) is 73.1 Å². The molecule has 0 unspecified atom stereocenters. The summed E-state index contributed by atoms with van der Waals surface area (Å²) in [6.45, 7) is 2.71. The van der Waals surface area contributed by atoms with Crippen LogP contribution in [0.25, 0.3) is 0 Å². The Balaban J connectivity index is 1.37. The number of ether oxygens (including phenoxy) is 3. The topological polar surface area (TPSA) is 128 Å². The first-order chi connectivity index (χ1) is 23.6. The highest BCUT2D eigenvalue weighted by Gasteiger charge is 2.37. The van der Waals surface area contributed by atoms with E-state index in [0.29, 0.717) is 56.8 Å². The molecule has 3 aliphatic rings. The van der Waals surface area contributed by atoms with E-state index in [1.54, 1.807) is 42.5 Å². The maximum Gasteiger partial charge on any atom is 0.414 e. The van der Waals surface area contributed by atoms with Crippen molar-refractivity contribution in [2.24, 2.45) is 5.92 Å². The number of anilines is 1. The molecule has 3 aliphatic heterocycles. The van der Waals surface area contributed by atoms with Gasteiger partial charge in [0.1, 0.15) is 16.1 Å². The van der Waals surface area contributed by atoms with Gasteiger partial charge in [0, 0.05) is 23.7 Å². The molecule has 5 heterocycles. The Kier molecular flexibility index (Phi) is 10.4. The molecule has 3 fully saturated rings. The maximum absolute atomic E-state index is 13.7. The third-order valence-electron chi connectivity index (χ3n) is 9.29. The van der Waals surface area contributed by atoms with Crippen LogP contribution in [-0.2, 0) is 17.7 Å². The number of aromatic nitrogens is 2. The molecule has 0 spiro atoms. The van der Waals surface area contributed by atoms with E-state index in [4.69, 9.17) is 37.4 Å². The molecule has 0 saturated carbocycles. The number of carbonyl (C=O) groups excluding carboxylic acids is 1. The Bertz CT molecular complexity index is 1810. The van der Waals surface area contributed by atoms with E-state index >= 15 is 0 Å². The van der Waals surface area contributed by atoms with Gasteiger partial charge >= 0.3 is 12.1 Å². The monoisotopic (exact) mass is 706 g/mol. The van der Waals surface area contributed by atoms with Crippen LogP contribution < -0.4 is 19.1 Å². The van der Waals surface area contributed by atoms with Gasteiger partial charge in [-0.3, -0.25) is 9.80 Å². The minimum absolute atomic E-state index is 0.0224. The van der Waals surface area contributed by atoms with Crippen molar-refractivity contribution < 1.29 is 33.6 Å². The molecule has 7 rings (SSSR count). The molecule has 2 aromatic heterocycles. The number of nitrogens with zero attached hydrogens (tertiary/aromatic N) is 4. The summed E-state index contributed by atoms with van der Waals surface area (Å²) in [7, 11) is 3.03. The van der Waals surface area contributed by atoms with Gasteiger partial charge in [0.25, 0.3) is 0 Å². The Labute approximate surface area is 294 Å². The van der Waals surface area contributed by atoms with E-state index in [1.165, 1.54) is 31.5 Å². The molecule has 49 heavy (non-hydrogen) atoms. The number of piperidine rings is 3. The molecule has 2 bridgehead atoms. The predicted octanol–water partition coefficient (Wildman–Crippen LogP) is 6.35. The normalized spacial score (nSPS) is 18.8. The summed E-state index contributed by atoms with van der Waals surface area (Å²) in [5.74, 6) is -0.648. The molecule has 0 aliphatic carbocycles. The van der Waals surface area contributed by atoms with Gasteiger partial charge in [-0.15, -0.1) is 0 Å². The van der Waals surface area contributed by atoms with Gasteiger partial charge in [0.15, 0.2) is 29.6 Å². The average molecular weight is 708 g/mol.